The predicted octanol–water partition coefficient (Wildman–Crippen LogP) is 2.56. The third-order valence-electron chi connectivity index (χ3n) is 3.17. The van der Waals surface area contributed by atoms with Crippen LogP contribution < -0.4 is 10.5 Å². The maximum Gasteiger partial charge on any atom is 0.165 e. The van der Waals surface area contributed by atoms with Crippen molar-refractivity contribution in [3.8, 4) is 5.75 Å². The van der Waals surface area contributed by atoms with Gasteiger partial charge in [-0.25, -0.2) is 4.39 Å². The number of hydrogen-bond donors (Lipinski definition) is 1. The van der Waals surface area contributed by atoms with Gasteiger partial charge in [0.2, 0.25) is 0 Å². The lowest BCUT2D eigenvalue weighted by Gasteiger charge is -2.28. The molecule has 4 heteroatoms. The average Bonchev–Trinajstić information content (AvgIpc) is 2.35. The van der Waals surface area contributed by atoms with Gasteiger partial charge in [-0.15, -0.1) is 0 Å². The zero-order chi connectivity index (χ0) is 13.7. The summed E-state index contributed by atoms with van der Waals surface area (Å²) in [5, 5.41) is 0. The second-order valence-electron chi connectivity index (χ2n) is 4.68. The second kappa shape index (κ2) is 6.71. The van der Waals surface area contributed by atoms with E-state index in [2.05, 4.69) is 25.7 Å². The van der Waals surface area contributed by atoms with Crippen molar-refractivity contribution in [2.45, 2.75) is 32.9 Å². The maximum absolute atomic E-state index is 13.6. The quantitative estimate of drug-likeness (QED) is 0.848. The highest BCUT2D eigenvalue weighted by atomic mass is 19.1. The number of nitrogens with two attached hydrogens (primary N) is 1. The highest BCUT2D eigenvalue weighted by Crippen LogP contribution is 2.21. The molecule has 0 saturated heterocycles. The number of ether oxygens (including phenoxy) is 1. The molecule has 1 aromatic carbocycles. The third-order valence-corrected chi connectivity index (χ3v) is 3.17. The topological polar surface area (TPSA) is 38.5 Å². The van der Waals surface area contributed by atoms with E-state index in [0.29, 0.717) is 6.04 Å². The molecule has 0 amide bonds. The lowest BCUT2D eigenvalue weighted by Crippen LogP contribution is -2.37. The highest BCUT2D eigenvalue weighted by Gasteiger charge is 2.15. The minimum Gasteiger partial charge on any atom is -0.494 e. The first kappa shape index (κ1) is 14.9. The number of rotatable bonds is 6. The number of likely N-dealkylation sites (N-methyl/N-ethyl adjacent to an activating group) is 1. The Labute approximate surface area is 109 Å². The van der Waals surface area contributed by atoms with Crippen molar-refractivity contribution in [1.82, 2.24) is 4.90 Å². The van der Waals surface area contributed by atoms with Crippen molar-refractivity contribution < 1.29 is 9.13 Å². The Morgan fingerprint density at radius 3 is 2.50 bits per heavy atom. The molecule has 0 aliphatic carbocycles. The van der Waals surface area contributed by atoms with Crippen LogP contribution >= 0.6 is 0 Å². The Morgan fingerprint density at radius 1 is 1.39 bits per heavy atom. The van der Waals surface area contributed by atoms with Gasteiger partial charge in [-0.2, -0.15) is 0 Å². The van der Waals surface area contributed by atoms with Crippen LogP contribution in [0.2, 0.25) is 0 Å². The summed E-state index contributed by atoms with van der Waals surface area (Å²) in [5.74, 6) is -0.111. The van der Waals surface area contributed by atoms with Crippen molar-refractivity contribution in [3.63, 3.8) is 0 Å². The molecule has 0 radical (unpaired) electrons. The fourth-order valence-electron chi connectivity index (χ4n) is 1.98. The molecule has 0 aliphatic heterocycles. The predicted molar refractivity (Wildman–Crippen MR) is 72.3 cm³/mol. The van der Waals surface area contributed by atoms with Gasteiger partial charge in [-0.3, -0.25) is 4.90 Å². The Bertz CT molecular complexity index is 382. The summed E-state index contributed by atoms with van der Waals surface area (Å²) in [6.07, 6.45) is 0. The molecule has 1 aromatic rings. The van der Waals surface area contributed by atoms with Gasteiger partial charge in [-0.1, -0.05) is 13.0 Å². The SMILES string of the molecule is CCN(CC(N)c1ccc(OC)c(F)c1)C(C)C. The van der Waals surface area contributed by atoms with Gasteiger partial charge in [-0.05, 0) is 38.1 Å². The minimum absolute atomic E-state index is 0.187. The minimum atomic E-state index is -0.363. The number of nitrogens with zero attached hydrogens (tertiary/aromatic N) is 1. The molecule has 0 aromatic heterocycles. The standard InChI is InChI=1S/C14H23FN2O/c1-5-17(10(2)3)9-13(16)11-6-7-14(18-4)12(15)8-11/h6-8,10,13H,5,9,16H2,1-4H3. The van der Waals surface area contributed by atoms with Crippen LogP contribution in [-0.4, -0.2) is 31.1 Å². The highest BCUT2D eigenvalue weighted by molar-refractivity contribution is 5.31. The van der Waals surface area contributed by atoms with E-state index in [-0.39, 0.29) is 17.6 Å². The Morgan fingerprint density at radius 2 is 2.06 bits per heavy atom. The van der Waals surface area contributed by atoms with Crippen LogP contribution in [0.15, 0.2) is 18.2 Å². The first-order valence-corrected chi connectivity index (χ1v) is 6.32. The van der Waals surface area contributed by atoms with E-state index in [1.807, 2.05) is 6.07 Å². The van der Waals surface area contributed by atoms with Gasteiger partial charge in [0.05, 0.1) is 7.11 Å². The summed E-state index contributed by atoms with van der Waals surface area (Å²) in [6.45, 7) is 8.01. The smallest absolute Gasteiger partial charge is 0.165 e. The first-order valence-electron chi connectivity index (χ1n) is 6.32. The van der Waals surface area contributed by atoms with Crippen LogP contribution in [-0.2, 0) is 0 Å². The van der Waals surface area contributed by atoms with Crippen LogP contribution in [0, 0.1) is 5.82 Å². The normalized spacial score (nSPS) is 13.1. The molecule has 102 valence electrons. The molecule has 1 atom stereocenters. The fourth-order valence-corrected chi connectivity index (χ4v) is 1.98. The average molecular weight is 254 g/mol. The molecule has 1 unspecified atom stereocenters. The number of hydrogen-bond acceptors (Lipinski definition) is 3. The van der Waals surface area contributed by atoms with Crippen molar-refractivity contribution >= 4 is 0 Å². The fraction of sp³-hybridized carbons (Fsp3) is 0.571. The van der Waals surface area contributed by atoms with Crippen molar-refractivity contribution in [3.05, 3.63) is 29.6 Å². The van der Waals surface area contributed by atoms with Gasteiger partial charge in [0.15, 0.2) is 11.6 Å². The summed E-state index contributed by atoms with van der Waals surface area (Å²) in [5.41, 5.74) is 6.92. The zero-order valence-corrected chi connectivity index (χ0v) is 11.6. The van der Waals surface area contributed by atoms with E-state index in [9.17, 15) is 4.39 Å². The number of benzene rings is 1. The summed E-state index contributed by atoms with van der Waals surface area (Å²) < 4.78 is 18.5. The van der Waals surface area contributed by atoms with Crippen LogP contribution in [0.3, 0.4) is 0 Å². The molecular weight excluding hydrogens is 231 g/mol. The van der Waals surface area contributed by atoms with Gasteiger partial charge in [0.25, 0.3) is 0 Å². The van der Waals surface area contributed by atoms with E-state index in [1.54, 1.807) is 6.07 Å². The molecular formula is C14H23FN2O. The van der Waals surface area contributed by atoms with E-state index < -0.39 is 0 Å². The van der Waals surface area contributed by atoms with Gasteiger partial charge in [0, 0.05) is 18.6 Å². The number of methoxy groups -OCH3 is 1. The van der Waals surface area contributed by atoms with Crippen LogP contribution in [0.5, 0.6) is 5.75 Å². The molecule has 18 heavy (non-hydrogen) atoms. The van der Waals surface area contributed by atoms with E-state index in [1.165, 1.54) is 13.2 Å². The lowest BCUT2D eigenvalue weighted by molar-refractivity contribution is 0.219. The molecule has 0 spiro atoms. The molecule has 0 fully saturated rings. The lowest BCUT2D eigenvalue weighted by atomic mass is 10.1. The van der Waals surface area contributed by atoms with E-state index in [0.717, 1.165) is 18.7 Å². The number of halogens is 1. The maximum atomic E-state index is 13.6. The molecule has 0 bridgehead atoms. The van der Waals surface area contributed by atoms with Crippen LogP contribution in [0.25, 0.3) is 0 Å². The zero-order valence-electron chi connectivity index (χ0n) is 11.6. The van der Waals surface area contributed by atoms with Crippen molar-refractivity contribution in [2.24, 2.45) is 5.73 Å². The van der Waals surface area contributed by atoms with Gasteiger partial charge < -0.3 is 10.5 Å². The van der Waals surface area contributed by atoms with Crippen molar-refractivity contribution in [1.29, 1.82) is 0 Å². The molecule has 0 saturated carbocycles. The summed E-state index contributed by atoms with van der Waals surface area (Å²) in [7, 11) is 1.45. The largest absolute Gasteiger partial charge is 0.494 e. The van der Waals surface area contributed by atoms with Crippen LogP contribution in [0.1, 0.15) is 32.4 Å². The molecule has 2 N–H and O–H groups in total. The van der Waals surface area contributed by atoms with E-state index in [4.69, 9.17) is 10.5 Å². The van der Waals surface area contributed by atoms with E-state index >= 15 is 0 Å². The Kier molecular flexibility index (Phi) is 5.56. The Balaban J connectivity index is 2.77. The molecule has 0 heterocycles. The molecule has 1 rings (SSSR count). The third kappa shape index (κ3) is 3.68. The monoisotopic (exact) mass is 254 g/mol. The Hall–Kier alpha value is -1.13. The summed E-state index contributed by atoms with van der Waals surface area (Å²) in [6, 6.07) is 5.14. The van der Waals surface area contributed by atoms with Crippen molar-refractivity contribution in [2.75, 3.05) is 20.2 Å². The van der Waals surface area contributed by atoms with Gasteiger partial charge >= 0.3 is 0 Å². The summed E-state index contributed by atoms with van der Waals surface area (Å²) >= 11 is 0. The summed E-state index contributed by atoms with van der Waals surface area (Å²) in [4.78, 5) is 2.26. The van der Waals surface area contributed by atoms with Gasteiger partial charge in [0.1, 0.15) is 0 Å². The first-order chi connectivity index (χ1) is 8.49. The second-order valence-corrected chi connectivity index (χ2v) is 4.68. The van der Waals surface area contributed by atoms with Crippen LogP contribution in [0.4, 0.5) is 4.39 Å². The molecule has 0 aliphatic rings. The molecule has 3 nitrogen and oxygen atoms in total.